The van der Waals surface area contributed by atoms with E-state index in [-0.39, 0.29) is 18.2 Å². The molecule has 5 nitrogen and oxygen atoms in total. The summed E-state index contributed by atoms with van der Waals surface area (Å²) < 4.78 is 5.52. The topological polar surface area (TPSA) is 58.6 Å². The molecule has 0 radical (unpaired) electrons. The van der Waals surface area contributed by atoms with E-state index in [1.165, 1.54) is 0 Å². The van der Waals surface area contributed by atoms with E-state index in [2.05, 4.69) is 5.32 Å². The molecule has 130 valence electrons. The molecule has 0 aliphatic carbocycles. The maximum absolute atomic E-state index is 12.3. The summed E-state index contributed by atoms with van der Waals surface area (Å²) >= 11 is 0. The SMILES string of the molecule is CCOc1ccccc1NC(=O)Cc1ccc(N2CCCC2=O)cc1. The minimum Gasteiger partial charge on any atom is -0.492 e. The van der Waals surface area contributed by atoms with Gasteiger partial charge < -0.3 is 15.0 Å². The molecule has 2 amide bonds. The molecule has 2 aromatic carbocycles. The molecule has 0 bridgehead atoms. The summed E-state index contributed by atoms with van der Waals surface area (Å²) in [5.41, 5.74) is 2.48. The Morgan fingerprint density at radius 1 is 1.16 bits per heavy atom. The van der Waals surface area contributed by atoms with Crippen LogP contribution < -0.4 is 15.0 Å². The molecule has 0 saturated carbocycles. The van der Waals surface area contributed by atoms with E-state index in [0.29, 0.717) is 24.5 Å². The molecule has 1 heterocycles. The third-order valence-corrected chi connectivity index (χ3v) is 4.15. The van der Waals surface area contributed by atoms with Crippen LogP contribution in [0.1, 0.15) is 25.3 Å². The molecule has 5 heteroatoms. The van der Waals surface area contributed by atoms with Gasteiger partial charge in [-0.1, -0.05) is 24.3 Å². The normalized spacial score (nSPS) is 13.8. The predicted molar refractivity (Wildman–Crippen MR) is 98.0 cm³/mol. The minimum absolute atomic E-state index is 0.0999. The third kappa shape index (κ3) is 4.18. The van der Waals surface area contributed by atoms with Crippen molar-refractivity contribution in [3.05, 3.63) is 54.1 Å². The van der Waals surface area contributed by atoms with Gasteiger partial charge in [-0.25, -0.2) is 0 Å². The van der Waals surface area contributed by atoms with Gasteiger partial charge in [0.25, 0.3) is 0 Å². The van der Waals surface area contributed by atoms with Crippen molar-refractivity contribution in [3.63, 3.8) is 0 Å². The van der Waals surface area contributed by atoms with Crippen molar-refractivity contribution in [2.24, 2.45) is 0 Å². The van der Waals surface area contributed by atoms with E-state index in [1.807, 2.05) is 55.5 Å². The van der Waals surface area contributed by atoms with E-state index in [0.717, 1.165) is 24.2 Å². The summed E-state index contributed by atoms with van der Waals surface area (Å²) in [7, 11) is 0. The number of amides is 2. The lowest BCUT2D eigenvalue weighted by Gasteiger charge is -2.16. The zero-order chi connectivity index (χ0) is 17.6. The monoisotopic (exact) mass is 338 g/mol. The lowest BCUT2D eigenvalue weighted by atomic mass is 10.1. The van der Waals surface area contributed by atoms with Crippen LogP contribution in [-0.2, 0) is 16.0 Å². The average Bonchev–Trinajstić information content (AvgIpc) is 3.03. The number of ether oxygens (including phenoxy) is 1. The van der Waals surface area contributed by atoms with E-state index in [9.17, 15) is 9.59 Å². The zero-order valence-corrected chi connectivity index (χ0v) is 14.3. The van der Waals surface area contributed by atoms with Crippen LogP contribution in [-0.4, -0.2) is 25.0 Å². The Labute approximate surface area is 147 Å². The number of para-hydroxylation sites is 2. The molecule has 0 aromatic heterocycles. The fourth-order valence-corrected chi connectivity index (χ4v) is 2.95. The Morgan fingerprint density at radius 2 is 1.92 bits per heavy atom. The van der Waals surface area contributed by atoms with Crippen molar-refractivity contribution < 1.29 is 14.3 Å². The second kappa shape index (κ2) is 7.83. The Balaban J connectivity index is 1.62. The third-order valence-electron chi connectivity index (χ3n) is 4.15. The molecule has 1 saturated heterocycles. The van der Waals surface area contributed by atoms with Crippen LogP contribution >= 0.6 is 0 Å². The number of carbonyl (C=O) groups is 2. The molecule has 2 aromatic rings. The standard InChI is InChI=1S/C20H22N2O3/c1-2-25-18-7-4-3-6-17(18)21-19(23)14-15-9-11-16(12-10-15)22-13-5-8-20(22)24/h3-4,6-7,9-12H,2,5,8,13-14H2,1H3,(H,21,23). The van der Waals surface area contributed by atoms with E-state index < -0.39 is 0 Å². The maximum Gasteiger partial charge on any atom is 0.228 e. The quantitative estimate of drug-likeness (QED) is 0.878. The Kier molecular flexibility index (Phi) is 5.33. The molecule has 0 unspecified atom stereocenters. The lowest BCUT2D eigenvalue weighted by Crippen LogP contribution is -2.23. The predicted octanol–water partition coefficient (Wildman–Crippen LogP) is 3.39. The van der Waals surface area contributed by atoms with E-state index >= 15 is 0 Å². The Bertz CT molecular complexity index is 756. The van der Waals surface area contributed by atoms with Gasteiger partial charge in [0.05, 0.1) is 18.7 Å². The van der Waals surface area contributed by atoms with Crippen LogP contribution in [0.15, 0.2) is 48.5 Å². The molecule has 0 atom stereocenters. The van der Waals surface area contributed by atoms with Gasteiger partial charge in [0.1, 0.15) is 5.75 Å². The number of hydrogen-bond acceptors (Lipinski definition) is 3. The largest absolute Gasteiger partial charge is 0.492 e. The fraction of sp³-hybridized carbons (Fsp3) is 0.300. The van der Waals surface area contributed by atoms with Gasteiger partial charge in [0.2, 0.25) is 11.8 Å². The number of nitrogens with one attached hydrogen (secondary N) is 1. The van der Waals surface area contributed by atoms with Gasteiger partial charge in [-0.3, -0.25) is 9.59 Å². The number of rotatable bonds is 6. The Hall–Kier alpha value is -2.82. The fourth-order valence-electron chi connectivity index (χ4n) is 2.95. The van der Waals surface area contributed by atoms with Crippen LogP contribution in [0, 0.1) is 0 Å². The first-order valence-electron chi connectivity index (χ1n) is 8.58. The van der Waals surface area contributed by atoms with Gasteiger partial charge >= 0.3 is 0 Å². The van der Waals surface area contributed by atoms with Crippen molar-refractivity contribution in [1.82, 2.24) is 0 Å². The van der Waals surface area contributed by atoms with E-state index in [1.54, 1.807) is 4.90 Å². The molecule has 1 aliphatic heterocycles. The molecular weight excluding hydrogens is 316 g/mol. The summed E-state index contributed by atoms with van der Waals surface area (Å²) in [6.07, 6.45) is 1.79. The highest BCUT2D eigenvalue weighted by Gasteiger charge is 2.21. The first-order valence-corrected chi connectivity index (χ1v) is 8.58. The molecule has 1 N–H and O–H groups in total. The summed E-state index contributed by atoms with van der Waals surface area (Å²) in [4.78, 5) is 25.9. The van der Waals surface area contributed by atoms with Gasteiger partial charge in [-0.15, -0.1) is 0 Å². The maximum atomic E-state index is 12.3. The second-order valence-corrected chi connectivity index (χ2v) is 5.97. The minimum atomic E-state index is -0.0999. The van der Waals surface area contributed by atoms with E-state index in [4.69, 9.17) is 4.74 Å². The van der Waals surface area contributed by atoms with Crippen molar-refractivity contribution >= 4 is 23.2 Å². The van der Waals surface area contributed by atoms with Crippen molar-refractivity contribution in [1.29, 1.82) is 0 Å². The highest BCUT2D eigenvalue weighted by atomic mass is 16.5. The summed E-state index contributed by atoms with van der Waals surface area (Å²) in [6.45, 7) is 3.22. The molecule has 1 aliphatic rings. The van der Waals surface area contributed by atoms with Gasteiger partial charge in [0, 0.05) is 18.7 Å². The smallest absolute Gasteiger partial charge is 0.228 e. The van der Waals surface area contributed by atoms with Gasteiger partial charge in [-0.2, -0.15) is 0 Å². The number of nitrogens with zero attached hydrogens (tertiary/aromatic N) is 1. The summed E-state index contributed by atoms with van der Waals surface area (Å²) in [6, 6.07) is 15.0. The molecule has 0 spiro atoms. The van der Waals surface area contributed by atoms with Crippen LogP contribution in [0.3, 0.4) is 0 Å². The Morgan fingerprint density at radius 3 is 2.60 bits per heavy atom. The van der Waals surface area contributed by atoms with Crippen molar-refractivity contribution in [3.8, 4) is 5.75 Å². The average molecular weight is 338 g/mol. The van der Waals surface area contributed by atoms with Crippen LogP contribution in [0.5, 0.6) is 5.75 Å². The van der Waals surface area contributed by atoms with Gasteiger partial charge in [-0.05, 0) is 43.2 Å². The van der Waals surface area contributed by atoms with Crippen LogP contribution in [0.4, 0.5) is 11.4 Å². The zero-order valence-electron chi connectivity index (χ0n) is 14.3. The number of hydrogen-bond donors (Lipinski definition) is 1. The van der Waals surface area contributed by atoms with Crippen LogP contribution in [0.25, 0.3) is 0 Å². The number of anilines is 2. The second-order valence-electron chi connectivity index (χ2n) is 5.97. The summed E-state index contributed by atoms with van der Waals surface area (Å²) in [5, 5.41) is 2.89. The van der Waals surface area contributed by atoms with Crippen LogP contribution in [0.2, 0.25) is 0 Å². The molecular formula is C20H22N2O3. The molecule has 3 rings (SSSR count). The highest BCUT2D eigenvalue weighted by molar-refractivity contribution is 5.96. The number of carbonyl (C=O) groups excluding carboxylic acids is 2. The highest BCUT2D eigenvalue weighted by Crippen LogP contribution is 2.24. The first-order chi connectivity index (χ1) is 12.2. The molecule has 25 heavy (non-hydrogen) atoms. The lowest BCUT2D eigenvalue weighted by molar-refractivity contribution is -0.117. The number of benzene rings is 2. The molecule has 1 fully saturated rings. The first kappa shape index (κ1) is 17.0. The van der Waals surface area contributed by atoms with Crippen molar-refractivity contribution in [2.45, 2.75) is 26.2 Å². The summed E-state index contributed by atoms with van der Waals surface area (Å²) in [5.74, 6) is 0.733. The van der Waals surface area contributed by atoms with Crippen molar-refractivity contribution in [2.75, 3.05) is 23.4 Å². The van der Waals surface area contributed by atoms with Gasteiger partial charge in [0.15, 0.2) is 0 Å².